The van der Waals surface area contributed by atoms with E-state index in [0.717, 1.165) is 11.3 Å². The lowest BCUT2D eigenvalue weighted by Crippen LogP contribution is -2.14. The summed E-state index contributed by atoms with van der Waals surface area (Å²) in [7, 11) is 0. The fourth-order valence-electron chi connectivity index (χ4n) is 2.75. The molecule has 1 N–H and O–H groups in total. The second kappa shape index (κ2) is 9.10. The van der Waals surface area contributed by atoms with E-state index in [9.17, 15) is 4.79 Å². The number of thiazole rings is 1. The van der Waals surface area contributed by atoms with E-state index in [-0.39, 0.29) is 11.7 Å². The van der Waals surface area contributed by atoms with Crippen molar-refractivity contribution >= 4 is 34.1 Å². The molecule has 3 aromatic heterocycles. The summed E-state index contributed by atoms with van der Waals surface area (Å²) in [5.74, 6) is 1.25. The second-order valence-electron chi connectivity index (χ2n) is 6.42. The molecule has 4 aromatic rings. The van der Waals surface area contributed by atoms with Gasteiger partial charge in [0.15, 0.2) is 16.0 Å². The van der Waals surface area contributed by atoms with Gasteiger partial charge in [-0.1, -0.05) is 47.7 Å². The number of carbonyl (C=O) groups is 1. The van der Waals surface area contributed by atoms with Gasteiger partial charge in [-0.25, -0.2) is 4.98 Å². The number of anilines is 1. The van der Waals surface area contributed by atoms with Crippen LogP contribution in [0.2, 0.25) is 0 Å². The number of allylic oxidation sites excluding steroid dienone is 1. The van der Waals surface area contributed by atoms with Gasteiger partial charge in [-0.3, -0.25) is 9.36 Å². The number of aryl methyl sites for hydroxylation is 1. The van der Waals surface area contributed by atoms with E-state index < -0.39 is 0 Å². The first kappa shape index (κ1) is 20.1. The molecular weight excluding hydrogens is 418 g/mol. The summed E-state index contributed by atoms with van der Waals surface area (Å²) in [6.45, 7) is 6.34. The molecule has 1 amide bonds. The van der Waals surface area contributed by atoms with Crippen molar-refractivity contribution in [1.82, 2.24) is 19.7 Å². The van der Waals surface area contributed by atoms with Crippen LogP contribution < -0.4 is 5.32 Å². The van der Waals surface area contributed by atoms with Crippen LogP contribution in [-0.2, 0) is 11.3 Å². The molecule has 0 radical (unpaired) electrons. The maximum Gasteiger partial charge on any atom is 0.236 e. The highest BCUT2D eigenvalue weighted by molar-refractivity contribution is 7.99. The number of hydrogen-bond donors (Lipinski definition) is 1. The first-order chi connectivity index (χ1) is 14.6. The van der Waals surface area contributed by atoms with Gasteiger partial charge >= 0.3 is 0 Å². The van der Waals surface area contributed by atoms with Crippen LogP contribution in [0.1, 0.15) is 5.56 Å². The molecule has 0 spiro atoms. The number of thioether (sulfide) groups is 1. The maximum atomic E-state index is 12.4. The van der Waals surface area contributed by atoms with Gasteiger partial charge in [0, 0.05) is 17.5 Å². The van der Waals surface area contributed by atoms with Crippen LogP contribution in [-0.4, -0.2) is 31.4 Å². The molecule has 4 rings (SSSR count). The Kier molecular flexibility index (Phi) is 6.10. The molecule has 7 nitrogen and oxygen atoms in total. The fourth-order valence-corrected chi connectivity index (χ4v) is 4.23. The number of amides is 1. The molecule has 152 valence electrons. The average molecular weight is 438 g/mol. The molecule has 0 atom stereocenters. The van der Waals surface area contributed by atoms with Crippen molar-refractivity contribution in [1.29, 1.82) is 0 Å². The quantitative estimate of drug-likeness (QED) is 0.312. The largest absolute Gasteiger partial charge is 0.461 e. The zero-order valence-corrected chi connectivity index (χ0v) is 17.9. The van der Waals surface area contributed by atoms with Crippen molar-refractivity contribution in [3.63, 3.8) is 0 Å². The number of nitrogens with zero attached hydrogens (tertiary/aromatic N) is 4. The summed E-state index contributed by atoms with van der Waals surface area (Å²) in [5.41, 5.74) is 3.06. The number of aromatic nitrogens is 4. The van der Waals surface area contributed by atoms with Gasteiger partial charge in [0.2, 0.25) is 11.7 Å². The lowest BCUT2D eigenvalue weighted by atomic mass is 10.1. The molecule has 1 aromatic carbocycles. The Bertz CT molecular complexity index is 1150. The van der Waals surface area contributed by atoms with Gasteiger partial charge in [0.25, 0.3) is 0 Å². The van der Waals surface area contributed by atoms with Gasteiger partial charge < -0.3 is 9.73 Å². The van der Waals surface area contributed by atoms with Crippen molar-refractivity contribution in [2.24, 2.45) is 0 Å². The number of rotatable bonds is 8. The predicted molar refractivity (Wildman–Crippen MR) is 120 cm³/mol. The molecule has 0 aliphatic rings. The zero-order chi connectivity index (χ0) is 20.9. The van der Waals surface area contributed by atoms with Gasteiger partial charge in [-0.15, -0.1) is 28.1 Å². The van der Waals surface area contributed by atoms with Crippen LogP contribution >= 0.6 is 23.1 Å². The third-order valence-corrected chi connectivity index (χ3v) is 5.92. The topological polar surface area (TPSA) is 85.8 Å². The number of carbonyl (C=O) groups excluding carboxylic acids is 1. The van der Waals surface area contributed by atoms with Crippen molar-refractivity contribution in [3.05, 3.63) is 66.3 Å². The first-order valence-corrected chi connectivity index (χ1v) is 11.0. The normalized spacial score (nSPS) is 10.8. The van der Waals surface area contributed by atoms with Gasteiger partial charge in [-0.2, -0.15) is 0 Å². The fraction of sp³-hybridized carbons (Fsp3) is 0.143. The minimum Gasteiger partial charge on any atom is -0.461 e. The summed E-state index contributed by atoms with van der Waals surface area (Å²) in [4.78, 5) is 16.9. The lowest BCUT2D eigenvalue weighted by Gasteiger charge is -2.06. The van der Waals surface area contributed by atoms with Crippen molar-refractivity contribution in [3.8, 4) is 22.8 Å². The molecule has 0 saturated heterocycles. The number of nitrogens with one attached hydrogen (secondary N) is 1. The molecule has 0 aliphatic heterocycles. The van der Waals surface area contributed by atoms with Crippen LogP contribution in [0.15, 0.2) is 70.3 Å². The second-order valence-corrected chi connectivity index (χ2v) is 8.22. The van der Waals surface area contributed by atoms with Crippen LogP contribution in [0.3, 0.4) is 0 Å². The Morgan fingerprint density at radius 1 is 1.30 bits per heavy atom. The highest BCUT2D eigenvalue weighted by Crippen LogP contribution is 2.27. The SMILES string of the molecule is C=CCn1c(SCC(=O)Nc2nc(-c3ccc(C)cc3)cs2)nnc1-c1ccco1. The highest BCUT2D eigenvalue weighted by atomic mass is 32.2. The van der Waals surface area contributed by atoms with E-state index in [2.05, 4.69) is 27.1 Å². The summed E-state index contributed by atoms with van der Waals surface area (Å²) >= 11 is 2.70. The summed E-state index contributed by atoms with van der Waals surface area (Å²) in [5, 5.41) is 14.4. The molecule has 30 heavy (non-hydrogen) atoms. The molecule has 0 unspecified atom stereocenters. The van der Waals surface area contributed by atoms with Crippen LogP contribution in [0.25, 0.3) is 22.8 Å². The Hall–Kier alpha value is -3.17. The Morgan fingerprint density at radius 3 is 2.87 bits per heavy atom. The van der Waals surface area contributed by atoms with Gasteiger partial charge in [0.05, 0.1) is 17.7 Å². The van der Waals surface area contributed by atoms with Crippen LogP contribution in [0.5, 0.6) is 0 Å². The molecule has 0 bridgehead atoms. The number of furan rings is 1. The van der Waals surface area contributed by atoms with E-state index in [1.54, 1.807) is 18.4 Å². The number of hydrogen-bond acceptors (Lipinski definition) is 7. The standard InChI is InChI=1S/C21H19N5O2S2/c1-3-10-26-19(17-5-4-11-28-17)24-25-21(26)30-13-18(27)23-20-22-16(12-29-20)15-8-6-14(2)7-9-15/h3-9,11-12H,1,10,13H2,2H3,(H,22,23,27). The number of benzene rings is 1. The third-order valence-electron chi connectivity index (χ3n) is 4.20. The van der Waals surface area contributed by atoms with E-state index in [0.29, 0.717) is 28.4 Å². The molecule has 0 aliphatic carbocycles. The van der Waals surface area contributed by atoms with E-state index in [1.165, 1.54) is 28.7 Å². The third kappa shape index (κ3) is 4.52. The maximum absolute atomic E-state index is 12.4. The molecule has 9 heteroatoms. The van der Waals surface area contributed by atoms with Crippen molar-refractivity contribution in [2.75, 3.05) is 11.1 Å². The van der Waals surface area contributed by atoms with Crippen molar-refractivity contribution in [2.45, 2.75) is 18.6 Å². The van der Waals surface area contributed by atoms with Gasteiger partial charge in [-0.05, 0) is 19.1 Å². The van der Waals surface area contributed by atoms with Crippen LogP contribution in [0, 0.1) is 6.92 Å². The van der Waals surface area contributed by atoms with Crippen molar-refractivity contribution < 1.29 is 9.21 Å². The summed E-state index contributed by atoms with van der Waals surface area (Å²) < 4.78 is 7.28. The molecule has 3 heterocycles. The highest BCUT2D eigenvalue weighted by Gasteiger charge is 2.17. The zero-order valence-electron chi connectivity index (χ0n) is 16.2. The summed E-state index contributed by atoms with van der Waals surface area (Å²) in [6, 6.07) is 11.7. The molecule has 0 saturated carbocycles. The minimum atomic E-state index is -0.155. The van der Waals surface area contributed by atoms with E-state index >= 15 is 0 Å². The smallest absolute Gasteiger partial charge is 0.236 e. The Morgan fingerprint density at radius 2 is 2.13 bits per heavy atom. The summed E-state index contributed by atoms with van der Waals surface area (Å²) in [6.07, 6.45) is 3.34. The monoisotopic (exact) mass is 437 g/mol. The Balaban J connectivity index is 1.40. The predicted octanol–water partition coefficient (Wildman–Crippen LogP) is 4.89. The molecular formula is C21H19N5O2S2. The first-order valence-electron chi connectivity index (χ1n) is 9.17. The lowest BCUT2D eigenvalue weighted by molar-refractivity contribution is -0.113. The van der Waals surface area contributed by atoms with Gasteiger partial charge in [0.1, 0.15) is 0 Å². The average Bonchev–Trinajstić information content (AvgIpc) is 3.48. The van der Waals surface area contributed by atoms with Crippen LogP contribution in [0.4, 0.5) is 5.13 Å². The van der Waals surface area contributed by atoms with E-state index in [4.69, 9.17) is 4.42 Å². The molecule has 0 fully saturated rings. The Labute approximate surface area is 181 Å². The van der Waals surface area contributed by atoms with E-state index in [1.807, 2.05) is 47.2 Å². The minimum absolute atomic E-state index is 0.155.